The largest absolute Gasteiger partial charge is 0.482 e. The Balaban J connectivity index is 2.12. The first-order valence-electron chi connectivity index (χ1n) is 9.15. The van der Waals surface area contributed by atoms with Gasteiger partial charge in [-0.15, -0.1) is 0 Å². The number of likely N-dealkylation sites (tertiary alicyclic amines) is 1. The molecule has 1 aliphatic rings. The highest BCUT2D eigenvalue weighted by Crippen LogP contribution is 2.27. The van der Waals surface area contributed by atoms with Crippen molar-refractivity contribution in [2.75, 3.05) is 13.2 Å². The van der Waals surface area contributed by atoms with Crippen LogP contribution in [-0.2, 0) is 25.5 Å². The van der Waals surface area contributed by atoms with Crippen LogP contribution in [0.15, 0.2) is 24.3 Å². The zero-order valence-corrected chi connectivity index (χ0v) is 16.6. The molecule has 0 radical (unpaired) electrons. The Morgan fingerprint density at radius 2 is 1.82 bits per heavy atom. The van der Waals surface area contributed by atoms with Gasteiger partial charge in [-0.25, -0.2) is 9.59 Å². The lowest BCUT2D eigenvalue weighted by Gasteiger charge is -2.30. The van der Waals surface area contributed by atoms with Crippen LogP contribution < -0.4 is 4.74 Å². The monoisotopic (exact) mass is 393 g/mol. The summed E-state index contributed by atoms with van der Waals surface area (Å²) >= 11 is 0. The van der Waals surface area contributed by atoms with E-state index >= 15 is 0 Å². The third-order valence-corrected chi connectivity index (χ3v) is 4.16. The van der Waals surface area contributed by atoms with E-state index in [1.807, 2.05) is 0 Å². The number of esters is 1. The van der Waals surface area contributed by atoms with Crippen LogP contribution in [0.5, 0.6) is 5.75 Å². The van der Waals surface area contributed by atoms with Crippen molar-refractivity contribution in [3.05, 3.63) is 29.8 Å². The maximum absolute atomic E-state index is 12.6. The quantitative estimate of drug-likeness (QED) is 0.741. The van der Waals surface area contributed by atoms with Crippen molar-refractivity contribution in [3.63, 3.8) is 0 Å². The molecule has 1 aromatic rings. The van der Waals surface area contributed by atoms with Gasteiger partial charge in [-0.2, -0.15) is 0 Å². The maximum Gasteiger partial charge on any atom is 0.410 e. The number of amides is 1. The van der Waals surface area contributed by atoms with Gasteiger partial charge in [0.15, 0.2) is 6.61 Å². The van der Waals surface area contributed by atoms with Crippen LogP contribution in [0.3, 0.4) is 0 Å². The fraction of sp³-hybridized carbons (Fsp3) is 0.550. The van der Waals surface area contributed by atoms with Gasteiger partial charge in [-0.05, 0) is 44.9 Å². The van der Waals surface area contributed by atoms with Gasteiger partial charge in [0, 0.05) is 19.9 Å². The number of hydrogen-bond donors (Lipinski definition) is 1. The summed E-state index contributed by atoms with van der Waals surface area (Å²) in [5.41, 5.74) is 0.282. The van der Waals surface area contributed by atoms with Gasteiger partial charge in [-0.1, -0.05) is 12.1 Å². The van der Waals surface area contributed by atoms with Crippen LogP contribution in [-0.4, -0.2) is 58.9 Å². The van der Waals surface area contributed by atoms with Crippen LogP contribution in [0.25, 0.3) is 0 Å². The lowest BCUT2D eigenvalue weighted by Crippen LogP contribution is -2.44. The highest BCUT2D eigenvalue weighted by molar-refractivity contribution is 5.70. The molecule has 1 aromatic carbocycles. The van der Waals surface area contributed by atoms with Gasteiger partial charge in [0.05, 0.1) is 6.04 Å². The van der Waals surface area contributed by atoms with Crippen LogP contribution >= 0.6 is 0 Å². The molecule has 8 nitrogen and oxygen atoms in total. The minimum Gasteiger partial charge on any atom is -0.482 e. The molecule has 28 heavy (non-hydrogen) atoms. The lowest BCUT2D eigenvalue weighted by molar-refractivity contribution is -0.147. The highest BCUT2D eigenvalue weighted by atomic mass is 16.6. The van der Waals surface area contributed by atoms with E-state index in [2.05, 4.69) is 0 Å². The smallest absolute Gasteiger partial charge is 0.410 e. The number of carbonyl (C=O) groups excluding carboxylic acids is 2. The summed E-state index contributed by atoms with van der Waals surface area (Å²) in [6, 6.07) is 6.60. The number of benzene rings is 1. The van der Waals surface area contributed by atoms with Gasteiger partial charge < -0.3 is 24.2 Å². The lowest BCUT2D eigenvalue weighted by atomic mass is 10.0. The normalized spacial score (nSPS) is 19.2. The Morgan fingerprint density at radius 3 is 2.36 bits per heavy atom. The summed E-state index contributed by atoms with van der Waals surface area (Å²) in [5, 5.41) is 8.67. The highest BCUT2D eigenvalue weighted by Gasteiger charge is 2.40. The van der Waals surface area contributed by atoms with Crippen molar-refractivity contribution in [1.82, 2.24) is 4.90 Å². The van der Waals surface area contributed by atoms with Crippen molar-refractivity contribution in [2.45, 2.75) is 58.3 Å². The minimum absolute atomic E-state index is 0.343. The number of ether oxygens (including phenoxy) is 3. The predicted molar refractivity (Wildman–Crippen MR) is 100 cm³/mol. The van der Waals surface area contributed by atoms with Gasteiger partial charge in [0.25, 0.3) is 0 Å². The second-order valence-electron chi connectivity index (χ2n) is 7.71. The topological polar surface area (TPSA) is 102 Å². The molecule has 154 valence electrons. The molecule has 1 fully saturated rings. The van der Waals surface area contributed by atoms with Gasteiger partial charge >= 0.3 is 18.0 Å². The molecular formula is C20H27NO7. The first-order chi connectivity index (χ1) is 13.0. The van der Waals surface area contributed by atoms with E-state index in [-0.39, 0.29) is 6.04 Å². The van der Waals surface area contributed by atoms with E-state index in [9.17, 15) is 14.4 Å². The van der Waals surface area contributed by atoms with Crippen molar-refractivity contribution in [3.8, 4) is 5.75 Å². The first kappa shape index (κ1) is 21.5. The van der Waals surface area contributed by atoms with Crippen molar-refractivity contribution in [2.24, 2.45) is 0 Å². The number of carboxylic acid groups (broad SMARTS) is 1. The van der Waals surface area contributed by atoms with Gasteiger partial charge in [-0.3, -0.25) is 4.79 Å². The molecule has 1 amide bonds. The molecule has 0 unspecified atom stereocenters. The second kappa shape index (κ2) is 8.95. The van der Waals surface area contributed by atoms with E-state index in [0.29, 0.717) is 25.1 Å². The van der Waals surface area contributed by atoms with Crippen LogP contribution in [0.4, 0.5) is 4.79 Å². The molecule has 1 heterocycles. The Labute approximate surface area is 164 Å². The predicted octanol–water partition coefficient (Wildman–Crippen LogP) is 2.63. The summed E-state index contributed by atoms with van der Waals surface area (Å²) in [6.45, 7) is 6.78. The van der Waals surface area contributed by atoms with E-state index in [0.717, 1.165) is 5.56 Å². The van der Waals surface area contributed by atoms with Crippen molar-refractivity contribution in [1.29, 1.82) is 0 Å². The number of aliphatic carboxylic acids is 1. The van der Waals surface area contributed by atoms with Crippen molar-refractivity contribution < 1.29 is 33.7 Å². The Kier molecular flexibility index (Phi) is 6.88. The number of rotatable bonds is 6. The number of nitrogens with zero attached hydrogens (tertiary/aromatic N) is 1. The summed E-state index contributed by atoms with van der Waals surface area (Å²) in [4.78, 5) is 36.2. The molecule has 1 aliphatic heterocycles. The molecule has 0 saturated carbocycles. The molecule has 0 bridgehead atoms. The van der Waals surface area contributed by atoms with Crippen LogP contribution in [0, 0.1) is 0 Å². The third kappa shape index (κ3) is 6.44. The van der Waals surface area contributed by atoms with Gasteiger partial charge in [0.1, 0.15) is 17.5 Å². The minimum atomic E-state index is -1.05. The molecular weight excluding hydrogens is 366 g/mol. The molecule has 1 saturated heterocycles. The average molecular weight is 393 g/mol. The average Bonchev–Trinajstić information content (AvgIpc) is 2.94. The van der Waals surface area contributed by atoms with Crippen LogP contribution in [0.1, 0.15) is 39.7 Å². The molecule has 0 aromatic heterocycles. The zero-order valence-electron chi connectivity index (χ0n) is 16.6. The SMILES string of the molecule is CC(=O)O[C@@H]1CCN(C(=O)OC(C)(C)C)[C@@H]1Cc1ccc(OCC(=O)O)cc1. The second-order valence-corrected chi connectivity index (χ2v) is 7.71. The fourth-order valence-corrected chi connectivity index (χ4v) is 3.07. The molecule has 8 heteroatoms. The molecule has 0 aliphatic carbocycles. The zero-order chi connectivity index (χ0) is 20.9. The number of hydrogen-bond acceptors (Lipinski definition) is 6. The van der Waals surface area contributed by atoms with Gasteiger partial charge in [0.2, 0.25) is 0 Å². The Hall–Kier alpha value is -2.77. The summed E-state index contributed by atoms with van der Waals surface area (Å²) in [6.07, 6.45) is 0.168. The van der Waals surface area contributed by atoms with E-state index in [1.165, 1.54) is 6.92 Å². The molecule has 0 spiro atoms. The molecule has 2 rings (SSSR count). The van der Waals surface area contributed by atoms with E-state index < -0.39 is 36.3 Å². The standard InChI is InChI=1S/C20H27NO7/c1-13(22)27-17-9-10-21(19(25)28-20(2,3)4)16(17)11-14-5-7-15(8-6-14)26-12-18(23)24/h5-8,16-17H,9-12H2,1-4H3,(H,23,24)/t16-,17-/m1/s1. The molecule has 1 N–H and O–H groups in total. The summed E-state index contributed by atoms with van der Waals surface area (Å²) in [5.74, 6) is -0.996. The van der Waals surface area contributed by atoms with Crippen molar-refractivity contribution >= 4 is 18.0 Å². The Morgan fingerprint density at radius 1 is 1.18 bits per heavy atom. The summed E-state index contributed by atoms with van der Waals surface area (Å²) < 4.78 is 16.0. The first-order valence-corrected chi connectivity index (χ1v) is 9.15. The number of carboxylic acids is 1. The number of carbonyl (C=O) groups is 3. The van der Waals surface area contributed by atoms with E-state index in [1.54, 1.807) is 49.9 Å². The molecule has 2 atom stereocenters. The maximum atomic E-state index is 12.6. The third-order valence-electron chi connectivity index (χ3n) is 4.16. The van der Waals surface area contributed by atoms with Crippen LogP contribution in [0.2, 0.25) is 0 Å². The summed E-state index contributed by atoms with van der Waals surface area (Å²) in [7, 11) is 0. The fourth-order valence-electron chi connectivity index (χ4n) is 3.07. The Bertz CT molecular complexity index is 708. The van der Waals surface area contributed by atoms with E-state index in [4.69, 9.17) is 19.3 Å².